The summed E-state index contributed by atoms with van der Waals surface area (Å²) in [5.74, 6) is 0.236. The van der Waals surface area contributed by atoms with Crippen molar-refractivity contribution in [1.82, 2.24) is 15.3 Å². The van der Waals surface area contributed by atoms with Gasteiger partial charge in [0, 0.05) is 23.6 Å². The zero-order chi connectivity index (χ0) is 16.7. The molecule has 0 aliphatic heterocycles. The number of hydrogen-bond acceptors (Lipinski definition) is 5. The first-order valence-electron chi connectivity index (χ1n) is 7.62. The van der Waals surface area contributed by atoms with Gasteiger partial charge in [0.05, 0.1) is 5.75 Å². The molecule has 0 saturated heterocycles. The van der Waals surface area contributed by atoms with Crippen LogP contribution < -0.4 is 10.6 Å². The maximum Gasteiger partial charge on any atom is 0.234 e. The highest BCUT2D eigenvalue weighted by Crippen LogP contribution is 2.17. The average molecular weight is 330 g/mol. The van der Waals surface area contributed by atoms with Crippen LogP contribution in [0.15, 0.2) is 35.5 Å². The van der Waals surface area contributed by atoms with E-state index in [9.17, 15) is 4.79 Å². The third kappa shape index (κ3) is 5.65. The lowest BCUT2D eigenvalue weighted by molar-refractivity contribution is -0.113. The van der Waals surface area contributed by atoms with Gasteiger partial charge in [0.25, 0.3) is 0 Å². The number of para-hydroxylation sites is 1. The predicted octanol–water partition coefficient (Wildman–Crippen LogP) is 2.93. The molecule has 0 aliphatic rings. The maximum absolute atomic E-state index is 12.2. The van der Waals surface area contributed by atoms with Gasteiger partial charge in [0.2, 0.25) is 5.91 Å². The van der Waals surface area contributed by atoms with Crippen molar-refractivity contribution >= 4 is 23.4 Å². The van der Waals surface area contributed by atoms with Crippen LogP contribution in [0.25, 0.3) is 0 Å². The summed E-state index contributed by atoms with van der Waals surface area (Å²) in [6.45, 7) is 7.54. The van der Waals surface area contributed by atoms with E-state index in [1.807, 2.05) is 44.2 Å². The van der Waals surface area contributed by atoms with Crippen LogP contribution in [0.2, 0.25) is 0 Å². The highest BCUT2D eigenvalue weighted by Gasteiger charge is 2.09. The number of carbonyl (C=O) groups is 1. The van der Waals surface area contributed by atoms with Crippen LogP contribution >= 0.6 is 11.8 Å². The van der Waals surface area contributed by atoms with Gasteiger partial charge in [-0.05, 0) is 38.1 Å². The van der Waals surface area contributed by atoms with Gasteiger partial charge in [0.1, 0.15) is 0 Å². The fourth-order valence-corrected chi connectivity index (χ4v) is 2.88. The number of carbonyl (C=O) groups excluding carboxylic acids is 1. The number of aryl methyl sites for hydroxylation is 2. The van der Waals surface area contributed by atoms with E-state index in [0.29, 0.717) is 10.9 Å². The Hall–Kier alpha value is -1.92. The van der Waals surface area contributed by atoms with Gasteiger partial charge in [-0.15, -0.1) is 0 Å². The Morgan fingerprint density at radius 3 is 2.57 bits per heavy atom. The van der Waals surface area contributed by atoms with Crippen LogP contribution in [0.1, 0.15) is 23.9 Å². The Kier molecular flexibility index (Phi) is 6.55. The number of benzene rings is 1. The minimum absolute atomic E-state index is 0.0540. The van der Waals surface area contributed by atoms with E-state index in [1.54, 1.807) is 0 Å². The monoisotopic (exact) mass is 330 g/mol. The molecule has 2 aromatic rings. The molecule has 1 aromatic heterocycles. The second-order valence-electron chi connectivity index (χ2n) is 5.21. The summed E-state index contributed by atoms with van der Waals surface area (Å²) in [6, 6.07) is 9.74. The molecule has 1 amide bonds. The van der Waals surface area contributed by atoms with Gasteiger partial charge < -0.3 is 10.6 Å². The van der Waals surface area contributed by atoms with Crippen LogP contribution in [-0.2, 0) is 11.3 Å². The van der Waals surface area contributed by atoms with Crippen molar-refractivity contribution in [2.75, 3.05) is 17.6 Å². The molecule has 0 saturated carbocycles. The number of rotatable bonds is 7. The number of nitrogens with one attached hydrogen (secondary N) is 2. The number of hydrogen-bond donors (Lipinski definition) is 2. The first-order chi connectivity index (χ1) is 11.1. The van der Waals surface area contributed by atoms with E-state index in [4.69, 9.17) is 0 Å². The van der Waals surface area contributed by atoms with E-state index in [1.165, 1.54) is 11.8 Å². The lowest BCUT2D eigenvalue weighted by atomic mass is 10.1. The van der Waals surface area contributed by atoms with E-state index >= 15 is 0 Å². The first kappa shape index (κ1) is 17.4. The number of nitrogens with zero attached hydrogens (tertiary/aromatic N) is 2. The van der Waals surface area contributed by atoms with Crippen LogP contribution in [-0.4, -0.2) is 28.2 Å². The summed E-state index contributed by atoms with van der Waals surface area (Å²) < 4.78 is 0. The van der Waals surface area contributed by atoms with Crippen molar-refractivity contribution in [3.05, 3.63) is 47.3 Å². The molecule has 1 aromatic carbocycles. The Morgan fingerprint density at radius 1 is 1.17 bits per heavy atom. The molecule has 0 atom stereocenters. The van der Waals surface area contributed by atoms with Crippen molar-refractivity contribution in [2.45, 2.75) is 32.5 Å². The van der Waals surface area contributed by atoms with Crippen LogP contribution in [0, 0.1) is 13.8 Å². The van der Waals surface area contributed by atoms with Crippen molar-refractivity contribution < 1.29 is 4.79 Å². The third-order valence-electron chi connectivity index (χ3n) is 3.15. The van der Waals surface area contributed by atoms with E-state index < -0.39 is 0 Å². The fourth-order valence-electron chi connectivity index (χ4n) is 2.13. The summed E-state index contributed by atoms with van der Waals surface area (Å²) in [6.07, 6.45) is 0. The highest BCUT2D eigenvalue weighted by atomic mass is 32.2. The smallest absolute Gasteiger partial charge is 0.234 e. The van der Waals surface area contributed by atoms with E-state index in [2.05, 4.69) is 27.5 Å². The summed E-state index contributed by atoms with van der Waals surface area (Å²) in [5.41, 5.74) is 3.75. The quantitative estimate of drug-likeness (QED) is 0.603. The minimum Gasteiger partial charge on any atom is -0.325 e. The Labute approximate surface area is 141 Å². The normalized spacial score (nSPS) is 10.6. The largest absolute Gasteiger partial charge is 0.325 e. The fraction of sp³-hybridized carbons (Fsp3) is 0.353. The molecule has 5 nitrogen and oxygen atoms in total. The number of thioether (sulfide) groups is 1. The van der Waals surface area contributed by atoms with E-state index in [-0.39, 0.29) is 5.91 Å². The molecule has 122 valence electrons. The molecule has 0 bridgehead atoms. The lowest BCUT2D eigenvalue weighted by Crippen LogP contribution is -2.18. The molecule has 2 rings (SSSR count). The molecule has 0 radical (unpaired) electrons. The third-order valence-corrected chi connectivity index (χ3v) is 4.00. The van der Waals surface area contributed by atoms with Crippen LogP contribution in [0.3, 0.4) is 0 Å². The molecule has 0 spiro atoms. The molecular formula is C17H22N4OS. The van der Waals surface area contributed by atoms with Gasteiger partial charge in [-0.1, -0.05) is 36.9 Å². The predicted molar refractivity (Wildman–Crippen MR) is 94.7 cm³/mol. The molecule has 0 unspecified atom stereocenters. The maximum atomic E-state index is 12.2. The Balaban J connectivity index is 1.94. The topological polar surface area (TPSA) is 66.9 Å². The van der Waals surface area contributed by atoms with Gasteiger partial charge in [0.15, 0.2) is 5.16 Å². The van der Waals surface area contributed by atoms with Crippen LogP contribution in [0.4, 0.5) is 5.69 Å². The summed E-state index contributed by atoms with van der Waals surface area (Å²) in [7, 11) is 0. The first-order valence-corrected chi connectivity index (χ1v) is 8.60. The van der Waals surface area contributed by atoms with Crippen molar-refractivity contribution in [2.24, 2.45) is 0 Å². The molecule has 23 heavy (non-hydrogen) atoms. The molecule has 0 fully saturated rings. The molecule has 2 N–H and O–H groups in total. The zero-order valence-corrected chi connectivity index (χ0v) is 14.5. The Bertz CT molecular complexity index is 655. The minimum atomic E-state index is -0.0540. The second-order valence-corrected chi connectivity index (χ2v) is 6.15. The summed E-state index contributed by atoms with van der Waals surface area (Å²) in [4.78, 5) is 20.8. The number of amides is 1. The summed E-state index contributed by atoms with van der Waals surface area (Å²) >= 11 is 1.35. The van der Waals surface area contributed by atoms with Gasteiger partial charge in [-0.3, -0.25) is 4.79 Å². The van der Waals surface area contributed by atoms with Crippen molar-refractivity contribution in [3.63, 3.8) is 0 Å². The molecular weight excluding hydrogens is 308 g/mol. The molecule has 0 aliphatic carbocycles. The van der Waals surface area contributed by atoms with Crippen molar-refractivity contribution in [3.8, 4) is 0 Å². The Morgan fingerprint density at radius 2 is 1.87 bits per heavy atom. The second kappa shape index (κ2) is 8.64. The SMILES string of the molecule is CCNCc1ccccc1NC(=O)CSc1nc(C)cc(C)n1. The zero-order valence-electron chi connectivity index (χ0n) is 13.7. The number of anilines is 1. The van der Waals surface area contributed by atoms with Gasteiger partial charge in [-0.25, -0.2) is 9.97 Å². The van der Waals surface area contributed by atoms with E-state index in [0.717, 1.165) is 35.7 Å². The highest BCUT2D eigenvalue weighted by molar-refractivity contribution is 7.99. The standard InChI is InChI=1S/C17H22N4OS/c1-4-18-10-14-7-5-6-8-15(14)21-16(22)11-23-17-19-12(2)9-13(3)20-17/h5-9,18H,4,10-11H2,1-3H3,(H,21,22). The summed E-state index contributed by atoms with van der Waals surface area (Å²) in [5, 5.41) is 6.87. The average Bonchev–Trinajstić information content (AvgIpc) is 2.51. The van der Waals surface area contributed by atoms with Crippen molar-refractivity contribution in [1.29, 1.82) is 0 Å². The number of aromatic nitrogens is 2. The lowest BCUT2D eigenvalue weighted by Gasteiger charge is -2.11. The van der Waals surface area contributed by atoms with Gasteiger partial charge in [-0.2, -0.15) is 0 Å². The van der Waals surface area contributed by atoms with Crippen LogP contribution in [0.5, 0.6) is 0 Å². The van der Waals surface area contributed by atoms with Gasteiger partial charge >= 0.3 is 0 Å². The molecule has 6 heteroatoms. The molecule has 1 heterocycles.